The number of amides is 1. The van der Waals surface area contributed by atoms with Crippen LogP contribution in [-0.2, 0) is 0 Å². The van der Waals surface area contributed by atoms with Crippen molar-refractivity contribution in [1.82, 2.24) is 10.6 Å². The standard InChI is InChI=1S/C26H25N7OS.ClH/c34-25(31-20-8-4-17(5-9-20)23-27-12-13-28-23)19-2-1-3-22(16-19)33-26(35)32-21-10-6-18(7-11-21)24-29-14-15-30-24;/h1-11,16H,12-15H2,(H,27,28)(H,29,30)(H,31,34)(H2,32,33,35);1H. The predicted octanol–water partition coefficient (Wildman–Crippen LogP) is 3.87. The third kappa shape index (κ3) is 6.18. The Bertz CT molecular complexity index is 1310. The lowest BCUT2D eigenvalue weighted by Crippen LogP contribution is -2.21. The maximum absolute atomic E-state index is 12.8. The van der Waals surface area contributed by atoms with Crippen LogP contribution in [0.5, 0.6) is 0 Å². The Hall–Kier alpha value is -3.95. The molecule has 2 heterocycles. The summed E-state index contributed by atoms with van der Waals surface area (Å²) in [5, 5.41) is 16.2. The van der Waals surface area contributed by atoms with E-state index in [9.17, 15) is 4.79 Å². The van der Waals surface area contributed by atoms with E-state index in [1.807, 2.05) is 60.7 Å². The van der Waals surface area contributed by atoms with E-state index in [0.717, 1.165) is 66.0 Å². The van der Waals surface area contributed by atoms with Crippen LogP contribution < -0.4 is 26.6 Å². The average Bonchev–Trinajstić information content (AvgIpc) is 3.60. The normalized spacial score (nSPS) is 13.9. The van der Waals surface area contributed by atoms with Crippen LogP contribution in [0.15, 0.2) is 82.8 Å². The summed E-state index contributed by atoms with van der Waals surface area (Å²) in [5.41, 5.74) is 4.88. The van der Waals surface area contributed by atoms with Crippen LogP contribution in [0.1, 0.15) is 21.5 Å². The van der Waals surface area contributed by atoms with Gasteiger partial charge in [0.05, 0.1) is 13.1 Å². The fourth-order valence-electron chi connectivity index (χ4n) is 3.84. The van der Waals surface area contributed by atoms with Gasteiger partial charge < -0.3 is 26.6 Å². The third-order valence-corrected chi connectivity index (χ3v) is 5.77. The number of nitrogens with one attached hydrogen (secondary N) is 5. The maximum atomic E-state index is 12.8. The van der Waals surface area contributed by atoms with Crippen LogP contribution >= 0.6 is 24.6 Å². The SMILES string of the molecule is Cl.O=C(Nc1ccc(C2=NCCN2)cc1)c1cccc(NC(=S)Nc2ccc(C3=NCCN3)cc2)c1. The highest BCUT2D eigenvalue weighted by Gasteiger charge is 2.11. The molecule has 0 radical (unpaired) electrons. The molecule has 8 nitrogen and oxygen atoms in total. The molecule has 0 saturated carbocycles. The maximum Gasteiger partial charge on any atom is 0.255 e. The lowest BCUT2D eigenvalue weighted by Gasteiger charge is -2.12. The zero-order valence-corrected chi connectivity index (χ0v) is 21.0. The number of carbonyl (C=O) groups excluding carboxylic acids is 1. The van der Waals surface area contributed by atoms with Crippen LogP contribution in [0, 0.1) is 0 Å². The van der Waals surface area contributed by atoms with Gasteiger partial charge in [-0.2, -0.15) is 0 Å². The fraction of sp³-hybridized carbons (Fsp3) is 0.154. The number of hydrogen-bond acceptors (Lipinski definition) is 6. The Morgan fingerprint density at radius 1 is 0.722 bits per heavy atom. The molecule has 0 saturated heterocycles. The quantitative estimate of drug-likeness (QED) is 0.317. The Morgan fingerprint density at radius 3 is 1.78 bits per heavy atom. The molecule has 0 atom stereocenters. The number of halogens is 1. The molecule has 0 aromatic heterocycles. The second-order valence-corrected chi connectivity index (χ2v) is 8.49. The number of thiocarbonyl (C=S) groups is 1. The van der Waals surface area contributed by atoms with Crippen molar-refractivity contribution < 1.29 is 4.79 Å². The molecule has 0 unspecified atom stereocenters. The number of carbonyl (C=O) groups is 1. The summed E-state index contributed by atoms with van der Waals surface area (Å²) in [4.78, 5) is 21.6. The van der Waals surface area contributed by atoms with Gasteiger partial charge in [0.1, 0.15) is 11.7 Å². The smallest absolute Gasteiger partial charge is 0.255 e. The van der Waals surface area contributed by atoms with Crippen LogP contribution in [-0.4, -0.2) is 48.9 Å². The van der Waals surface area contributed by atoms with Crippen molar-refractivity contribution in [3.8, 4) is 0 Å². The van der Waals surface area contributed by atoms with E-state index in [1.165, 1.54) is 0 Å². The molecule has 0 bridgehead atoms. The van der Waals surface area contributed by atoms with Crippen molar-refractivity contribution in [2.45, 2.75) is 0 Å². The van der Waals surface area contributed by atoms with Crippen LogP contribution in [0.2, 0.25) is 0 Å². The number of amidine groups is 2. The van der Waals surface area contributed by atoms with Crippen LogP contribution in [0.25, 0.3) is 0 Å². The molecule has 2 aliphatic heterocycles. The van der Waals surface area contributed by atoms with Crippen molar-refractivity contribution in [3.05, 3.63) is 89.5 Å². The van der Waals surface area contributed by atoms with Crippen molar-refractivity contribution in [3.63, 3.8) is 0 Å². The zero-order valence-electron chi connectivity index (χ0n) is 19.4. The molecule has 5 rings (SSSR count). The number of aliphatic imine (C=N–C) groups is 2. The molecular weight excluding hydrogens is 494 g/mol. The Labute approximate surface area is 221 Å². The van der Waals surface area contributed by atoms with Gasteiger partial charge in [0.2, 0.25) is 0 Å². The molecule has 1 amide bonds. The molecule has 3 aromatic rings. The molecule has 0 fully saturated rings. The molecule has 10 heteroatoms. The van der Waals surface area contributed by atoms with Crippen molar-refractivity contribution in [2.24, 2.45) is 9.98 Å². The largest absolute Gasteiger partial charge is 0.368 e. The van der Waals surface area contributed by atoms with Gasteiger partial charge in [-0.25, -0.2) is 0 Å². The summed E-state index contributed by atoms with van der Waals surface area (Å²) in [6, 6.07) is 22.7. The Morgan fingerprint density at radius 2 is 1.25 bits per heavy atom. The number of anilines is 3. The van der Waals surface area contributed by atoms with E-state index in [2.05, 4.69) is 36.6 Å². The first kappa shape index (κ1) is 25.2. The van der Waals surface area contributed by atoms with Gasteiger partial charge in [0.25, 0.3) is 5.91 Å². The Kier molecular flexibility index (Phi) is 8.14. The molecule has 2 aliphatic rings. The van der Waals surface area contributed by atoms with Crippen molar-refractivity contribution in [2.75, 3.05) is 42.1 Å². The van der Waals surface area contributed by atoms with Gasteiger partial charge in [-0.1, -0.05) is 6.07 Å². The summed E-state index contributed by atoms with van der Waals surface area (Å²) in [7, 11) is 0. The molecule has 3 aromatic carbocycles. The average molecular weight is 520 g/mol. The molecule has 184 valence electrons. The summed E-state index contributed by atoms with van der Waals surface area (Å²) in [5.74, 6) is 1.61. The van der Waals surface area contributed by atoms with Crippen LogP contribution in [0.3, 0.4) is 0 Å². The minimum atomic E-state index is -0.198. The highest BCUT2D eigenvalue weighted by atomic mass is 35.5. The summed E-state index contributed by atoms with van der Waals surface area (Å²) >= 11 is 5.46. The summed E-state index contributed by atoms with van der Waals surface area (Å²) in [6.45, 7) is 3.33. The minimum absolute atomic E-state index is 0. The molecule has 36 heavy (non-hydrogen) atoms. The minimum Gasteiger partial charge on any atom is -0.368 e. The first-order valence-electron chi connectivity index (χ1n) is 11.4. The topological polar surface area (TPSA) is 102 Å². The van der Waals surface area contributed by atoms with Gasteiger partial charge in [0.15, 0.2) is 5.11 Å². The van der Waals surface area contributed by atoms with Gasteiger partial charge in [-0.05, 0) is 78.9 Å². The molecule has 0 aliphatic carbocycles. The van der Waals surface area contributed by atoms with Gasteiger partial charge in [-0.3, -0.25) is 14.8 Å². The predicted molar refractivity (Wildman–Crippen MR) is 153 cm³/mol. The van der Waals surface area contributed by atoms with Gasteiger partial charge in [0, 0.05) is 46.8 Å². The highest BCUT2D eigenvalue weighted by molar-refractivity contribution is 7.80. The highest BCUT2D eigenvalue weighted by Crippen LogP contribution is 2.16. The summed E-state index contributed by atoms with van der Waals surface area (Å²) in [6.07, 6.45) is 0. The van der Waals surface area contributed by atoms with E-state index in [4.69, 9.17) is 12.2 Å². The van der Waals surface area contributed by atoms with E-state index in [0.29, 0.717) is 10.7 Å². The monoisotopic (exact) mass is 519 g/mol. The van der Waals surface area contributed by atoms with E-state index in [-0.39, 0.29) is 18.3 Å². The van der Waals surface area contributed by atoms with Gasteiger partial charge >= 0.3 is 0 Å². The second kappa shape index (κ2) is 11.7. The molecular formula is C26H26ClN7OS. The second-order valence-electron chi connectivity index (χ2n) is 8.08. The van der Waals surface area contributed by atoms with E-state index >= 15 is 0 Å². The van der Waals surface area contributed by atoms with Crippen LogP contribution in [0.4, 0.5) is 17.1 Å². The fourth-order valence-corrected chi connectivity index (χ4v) is 4.08. The first-order chi connectivity index (χ1) is 17.1. The van der Waals surface area contributed by atoms with E-state index < -0.39 is 0 Å². The number of hydrogen-bond donors (Lipinski definition) is 5. The third-order valence-electron chi connectivity index (χ3n) is 5.56. The lowest BCUT2D eigenvalue weighted by atomic mass is 10.1. The van der Waals surface area contributed by atoms with E-state index in [1.54, 1.807) is 12.1 Å². The van der Waals surface area contributed by atoms with Gasteiger partial charge in [-0.15, -0.1) is 12.4 Å². The number of benzene rings is 3. The number of rotatable bonds is 6. The van der Waals surface area contributed by atoms with Crippen molar-refractivity contribution in [1.29, 1.82) is 0 Å². The first-order valence-corrected chi connectivity index (χ1v) is 11.8. The molecule has 0 spiro atoms. The molecule has 5 N–H and O–H groups in total. The summed E-state index contributed by atoms with van der Waals surface area (Å²) < 4.78 is 0. The van der Waals surface area contributed by atoms with Crippen molar-refractivity contribution >= 4 is 64.4 Å². The Balaban J connectivity index is 0.00000304. The zero-order chi connectivity index (χ0) is 24.0. The number of nitrogens with zero attached hydrogens (tertiary/aromatic N) is 2. The lowest BCUT2D eigenvalue weighted by molar-refractivity contribution is 0.102.